The van der Waals surface area contributed by atoms with E-state index in [0.29, 0.717) is 15.6 Å². The molecule has 21 heavy (non-hydrogen) atoms. The lowest BCUT2D eigenvalue weighted by Crippen LogP contribution is -2.42. The van der Waals surface area contributed by atoms with Gasteiger partial charge in [0.05, 0.1) is 12.0 Å². The highest BCUT2D eigenvalue weighted by Gasteiger charge is 2.10. The van der Waals surface area contributed by atoms with Gasteiger partial charge in [0.1, 0.15) is 5.82 Å². The number of nitrogens with one attached hydrogen (secondary N) is 2. The quantitative estimate of drug-likeness (QED) is 0.836. The van der Waals surface area contributed by atoms with Crippen LogP contribution >= 0.6 is 15.9 Å². The Bertz CT molecular complexity index is 659. The van der Waals surface area contributed by atoms with Gasteiger partial charge in [0, 0.05) is 4.47 Å². The van der Waals surface area contributed by atoms with Crippen LogP contribution in [0.5, 0.6) is 0 Å². The molecule has 0 saturated heterocycles. The molecule has 2 rings (SSSR count). The number of carbonyl (C=O) groups is 2. The normalized spacial score (nSPS) is 10.0. The zero-order valence-corrected chi connectivity index (χ0v) is 12.5. The van der Waals surface area contributed by atoms with Crippen LogP contribution in [0, 0.1) is 5.82 Å². The highest BCUT2D eigenvalue weighted by atomic mass is 79.9. The van der Waals surface area contributed by atoms with Crippen LogP contribution in [0.1, 0.15) is 15.9 Å². The molecule has 0 fully saturated rings. The summed E-state index contributed by atoms with van der Waals surface area (Å²) >= 11 is 3.26. The fourth-order valence-electron chi connectivity index (χ4n) is 1.67. The van der Waals surface area contributed by atoms with Gasteiger partial charge in [0.2, 0.25) is 5.91 Å². The van der Waals surface area contributed by atoms with Crippen molar-refractivity contribution in [3.8, 4) is 0 Å². The van der Waals surface area contributed by atoms with Gasteiger partial charge in [-0.25, -0.2) is 4.39 Å². The van der Waals surface area contributed by atoms with Crippen molar-refractivity contribution in [2.24, 2.45) is 0 Å². The molecule has 6 heteroatoms. The average molecular weight is 351 g/mol. The molecule has 0 unspecified atom stereocenters. The summed E-state index contributed by atoms with van der Waals surface area (Å²) in [6, 6.07) is 12.5. The Balaban J connectivity index is 1.88. The molecule has 2 aromatic carbocycles. The Kier molecular flexibility index (Phi) is 5.05. The first kappa shape index (κ1) is 15.2. The minimum Gasteiger partial charge on any atom is -0.273 e. The maximum absolute atomic E-state index is 12.7. The van der Waals surface area contributed by atoms with Gasteiger partial charge in [-0.1, -0.05) is 24.3 Å². The van der Waals surface area contributed by atoms with Crippen molar-refractivity contribution in [2.45, 2.75) is 6.42 Å². The predicted octanol–water partition coefficient (Wildman–Crippen LogP) is 2.59. The fraction of sp³-hybridized carbons (Fsp3) is 0.0667. The first-order chi connectivity index (χ1) is 10.1. The highest BCUT2D eigenvalue weighted by molar-refractivity contribution is 9.10. The van der Waals surface area contributed by atoms with Gasteiger partial charge in [-0.15, -0.1) is 0 Å². The van der Waals surface area contributed by atoms with Gasteiger partial charge in [0.15, 0.2) is 0 Å². The van der Waals surface area contributed by atoms with Crippen LogP contribution in [-0.4, -0.2) is 11.8 Å². The summed E-state index contributed by atoms with van der Waals surface area (Å²) in [5.74, 6) is -1.17. The molecular weight excluding hydrogens is 339 g/mol. The third kappa shape index (κ3) is 4.39. The number of rotatable bonds is 3. The lowest BCUT2D eigenvalue weighted by molar-refractivity contribution is -0.121. The molecule has 0 spiro atoms. The number of hydrogen-bond acceptors (Lipinski definition) is 2. The minimum absolute atomic E-state index is 0.0521. The van der Waals surface area contributed by atoms with Crippen LogP contribution < -0.4 is 10.9 Å². The van der Waals surface area contributed by atoms with Crippen LogP contribution in [0.2, 0.25) is 0 Å². The third-order valence-electron chi connectivity index (χ3n) is 2.71. The zero-order valence-electron chi connectivity index (χ0n) is 10.9. The zero-order chi connectivity index (χ0) is 15.2. The van der Waals surface area contributed by atoms with Crippen molar-refractivity contribution >= 4 is 27.7 Å². The molecule has 0 heterocycles. The van der Waals surface area contributed by atoms with Gasteiger partial charge in [-0.3, -0.25) is 20.4 Å². The van der Waals surface area contributed by atoms with Crippen LogP contribution in [0.25, 0.3) is 0 Å². The molecule has 4 nitrogen and oxygen atoms in total. The molecule has 0 radical (unpaired) electrons. The molecule has 0 aliphatic heterocycles. The summed E-state index contributed by atoms with van der Waals surface area (Å²) in [6.45, 7) is 0. The Labute approximate surface area is 129 Å². The van der Waals surface area contributed by atoms with Crippen LogP contribution in [0.3, 0.4) is 0 Å². The second-order valence-corrected chi connectivity index (χ2v) is 5.14. The van der Waals surface area contributed by atoms with E-state index in [2.05, 4.69) is 26.8 Å². The summed E-state index contributed by atoms with van der Waals surface area (Å²) in [5.41, 5.74) is 5.72. The van der Waals surface area contributed by atoms with E-state index in [-0.39, 0.29) is 18.1 Å². The van der Waals surface area contributed by atoms with Gasteiger partial charge < -0.3 is 0 Å². The van der Waals surface area contributed by atoms with Crippen LogP contribution in [0.4, 0.5) is 4.39 Å². The van der Waals surface area contributed by atoms with Crippen LogP contribution in [-0.2, 0) is 11.2 Å². The van der Waals surface area contributed by atoms with Gasteiger partial charge in [-0.05, 0) is 45.8 Å². The predicted molar refractivity (Wildman–Crippen MR) is 79.9 cm³/mol. The Hall–Kier alpha value is -2.21. The topological polar surface area (TPSA) is 58.2 Å². The number of amides is 2. The van der Waals surface area contributed by atoms with E-state index in [4.69, 9.17) is 0 Å². The van der Waals surface area contributed by atoms with E-state index >= 15 is 0 Å². The second-order valence-electron chi connectivity index (χ2n) is 4.29. The van der Waals surface area contributed by atoms with E-state index < -0.39 is 5.91 Å². The van der Waals surface area contributed by atoms with Crippen LogP contribution in [0.15, 0.2) is 53.0 Å². The van der Waals surface area contributed by atoms with Gasteiger partial charge in [0.25, 0.3) is 5.91 Å². The third-order valence-corrected chi connectivity index (χ3v) is 3.40. The maximum Gasteiger partial charge on any atom is 0.270 e. The fourth-order valence-corrected chi connectivity index (χ4v) is 2.14. The summed E-state index contributed by atoms with van der Waals surface area (Å²) in [4.78, 5) is 23.5. The SMILES string of the molecule is O=C(Cc1ccc(F)cc1)NNC(=O)c1ccccc1Br. The summed E-state index contributed by atoms with van der Waals surface area (Å²) in [5, 5.41) is 0. The Morgan fingerprint density at radius 1 is 1.00 bits per heavy atom. The molecule has 0 saturated carbocycles. The van der Waals surface area contributed by atoms with Crippen molar-refractivity contribution in [2.75, 3.05) is 0 Å². The summed E-state index contributed by atoms with van der Waals surface area (Å²) in [6.07, 6.45) is 0.0521. The van der Waals surface area contributed by atoms with E-state index in [1.54, 1.807) is 24.3 Å². The maximum atomic E-state index is 12.7. The van der Waals surface area contributed by atoms with Crippen molar-refractivity contribution in [1.82, 2.24) is 10.9 Å². The molecule has 108 valence electrons. The number of benzene rings is 2. The van der Waals surface area contributed by atoms with Crippen molar-refractivity contribution < 1.29 is 14.0 Å². The monoisotopic (exact) mass is 350 g/mol. The van der Waals surface area contributed by atoms with E-state index in [1.807, 2.05) is 0 Å². The second kappa shape index (κ2) is 6.99. The Morgan fingerprint density at radius 3 is 2.33 bits per heavy atom. The lowest BCUT2D eigenvalue weighted by Gasteiger charge is -2.08. The van der Waals surface area contributed by atoms with E-state index in [1.165, 1.54) is 24.3 Å². The number of carbonyl (C=O) groups excluding carboxylic acids is 2. The smallest absolute Gasteiger partial charge is 0.270 e. The van der Waals surface area contributed by atoms with E-state index in [9.17, 15) is 14.0 Å². The highest BCUT2D eigenvalue weighted by Crippen LogP contribution is 2.15. The number of halogens is 2. The largest absolute Gasteiger partial charge is 0.273 e. The molecule has 0 aromatic heterocycles. The van der Waals surface area contributed by atoms with E-state index in [0.717, 1.165) is 0 Å². The number of hydrazine groups is 1. The standard InChI is InChI=1S/C15H12BrFN2O2/c16-13-4-2-1-3-12(13)15(21)19-18-14(20)9-10-5-7-11(17)8-6-10/h1-8H,9H2,(H,18,20)(H,19,21). The summed E-state index contributed by atoms with van der Waals surface area (Å²) < 4.78 is 13.4. The first-order valence-electron chi connectivity index (χ1n) is 6.14. The van der Waals surface area contributed by atoms with Gasteiger partial charge in [-0.2, -0.15) is 0 Å². The van der Waals surface area contributed by atoms with Gasteiger partial charge >= 0.3 is 0 Å². The van der Waals surface area contributed by atoms with Crippen molar-refractivity contribution in [1.29, 1.82) is 0 Å². The lowest BCUT2D eigenvalue weighted by atomic mass is 10.1. The average Bonchev–Trinajstić information content (AvgIpc) is 2.48. The molecule has 0 atom stereocenters. The molecule has 0 bridgehead atoms. The minimum atomic E-state index is -0.421. The number of hydrogen-bond donors (Lipinski definition) is 2. The Morgan fingerprint density at radius 2 is 1.67 bits per heavy atom. The van der Waals surface area contributed by atoms with Crippen molar-refractivity contribution in [3.05, 3.63) is 69.9 Å². The molecule has 0 aliphatic rings. The summed E-state index contributed by atoms with van der Waals surface area (Å²) in [7, 11) is 0. The molecule has 2 amide bonds. The van der Waals surface area contributed by atoms with Crippen molar-refractivity contribution in [3.63, 3.8) is 0 Å². The molecule has 0 aliphatic carbocycles. The molecule has 2 aromatic rings. The molecular formula is C15H12BrFN2O2. The first-order valence-corrected chi connectivity index (χ1v) is 6.94. The molecule has 2 N–H and O–H groups in total.